The maximum Gasteiger partial charge on any atom is 0.317 e. The second-order valence-electron chi connectivity index (χ2n) is 7.54. The molecule has 1 N–H and O–H groups in total. The van der Waals surface area contributed by atoms with E-state index in [2.05, 4.69) is 25.3 Å². The van der Waals surface area contributed by atoms with Crippen LogP contribution in [0.3, 0.4) is 0 Å². The lowest BCUT2D eigenvalue weighted by Crippen LogP contribution is -2.52. The quantitative estimate of drug-likeness (QED) is 0.783. The van der Waals surface area contributed by atoms with Crippen molar-refractivity contribution in [2.45, 2.75) is 38.2 Å². The number of amides is 2. The first-order chi connectivity index (χ1) is 13.7. The number of piperazine rings is 1. The third kappa shape index (κ3) is 4.19. The molecule has 0 aliphatic carbocycles. The van der Waals surface area contributed by atoms with Crippen molar-refractivity contribution in [3.8, 4) is 0 Å². The predicted octanol–water partition coefficient (Wildman–Crippen LogP) is 1.54. The highest BCUT2D eigenvalue weighted by atomic mass is 16.5. The zero-order valence-electron chi connectivity index (χ0n) is 16.5. The summed E-state index contributed by atoms with van der Waals surface area (Å²) in [6.45, 7) is 4.47. The molecule has 4 heterocycles. The molecule has 0 aromatic carbocycles. The summed E-state index contributed by atoms with van der Waals surface area (Å²) in [4.78, 5) is 25.3. The van der Waals surface area contributed by atoms with Crippen molar-refractivity contribution >= 4 is 22.9 Å². The third-order valence-corrected chi connectivity index (χ3v) is 5.63. The van der Waals surface area contributed by atoms with Crippen LogP contribution in [0.2, 0.25) is 0 Å². The summed E-state index contributed by atoms with van der Waals surface area (Å²) >= 11 is 0. The molecule has 0 radical (unpaired) electrons. The van der Waals surface area contributed by atoms with E-state index in [0.717, 1.165) is 55.8 Å². The Hall–Kier alpha value is -2.42. The molecule has 9 nitrogen and oxygen atoms in total. The highest BCUT2D eigenvalue weighted by molar-refractivity contribution is 5.86. The summed E-state index contributed by atoms with van der Waals surface area (Å²) < 4.78 is 7.49. The lowest BCUT2D eigenvalue weighted by molar-refractivity contribution is 0.0102. The lowest BCUT2D eigenvalue weighted by Gasteiger charge is -2.35. The van der Waals surface area contributed by atoms with E-state index in [1.54, 1.807) is 17.2 Å². The minimum absolute atomic E-state index is 0.0263. The minimum atomic E-state index is 0.0263. The highest BCUT2D eigenvalue weighted by Gasteiger charge is 2.23. The summed E-state index contributed by atoms with van der Waals surface area (Å²) in [7, 11) is 1.88. The molecule has 2 aromatic rings. The van der Waals surface area contributed by atoms with Gasteiger partial charge in [0.05, 0.1) is 17.7 Å². The van der Waals surface area contributed by atoms with Gasteiger partial charge in [0.1, 0.15) is 12.1 Å². The lowest BCUT2D eigenvalue weighted by atomic mass is 10.0. The Morgan fingerprint density at radius 1 is 1.25 bits per heavy atom. The number of hydrogen-bond donors (Lipinski definition) is 1. The molecule has 9 heteroatoms. The van der Waals surface area contributed by atoms with Gasteiger partial charge < -0.3 is 19.9 Å². The standard InChI is InChI=1S/C19H29N7O2/c1-24-17-16(13-23-24)18(22-14-21-17)25-8-10-26(11-9-25)19(27)20-7-4-6-15-5-2-3-12-28-15/h13-15H,2-12H2,1H3,(H,20,27). The zero-order chi connectivity index (χ0) is 19.3. The Morgan fingerprint density at radius 3 is 2.89 bits per heavy atom. The predicted molar refractivity (Wildman–Crippen MR) is 106 cm³/mol. The van der Waals surface area contributed by atoms with Crippen LogP contribution in [-0.2, 0) is 11.8 Å². The number of nitrogens with one attached hydrogen (secondary N) is 1. The molecule has 2 amide bonds. The van der Waals surface area contributed by atoms with Crippen LogP contribution < -0.4 is 10.2 Å². The number of carbonyl (C=O) groups is 1. The number of fused-ring (bicyclic) bond motifs is 1. The first-order valence-electron chi connectivity index (χ1n) is 10.2. The molecule has 2 saturated heterocycles. The second kappa shape index (κ2) is 8.72. The van der Waals surface area contributed by atoms with Crippen molar-refractivity contribution in [3.05, 3.63) is 12.5 Å². The summed E-state index contributed by atoms with van der Waals surface area (Å²) in [6.07, 6.45) is 9.36. The van der Waals surface area contributed by atoms with Gasteiger partial charge in [0, 0.05) is 46.4 Å². The van der Waals surface area contributed by atoms with Gasteiger partial charge in [-0.15, -0.1) is 0 Å². The second-order valence-corrected chi connectivity index (χ2v) is 7.54. The Labute approximate surface area is 165 Å². The fourth-order valence-electron chi connectivity index (χ4n) is 3.99. The Morgan fingerprint density at radius 2 is 2.11 bits per heavy atom. The van der Waals surface area contributed by atoms with Crippen molar-refractivity contribution < 1.29 is 9.53 Å². The number of carbonyl (C=O) groups excluding carboxylic acids is 1. The Bertz CT molecular complexity index is 795. The summed E-state index contributed by atoms with van der Waals surface area (Å²) in [6, 6.07) is 0.0263. The molecule has 0 saturated carbocycles. The van der Waals surface area contributed by atoms with Gasteiger partial charge in [-0.2, -0.15) is 5.10 Å². The van der Waals surface area contributed by atoms with Crippen LogP contribution in [0, 0.1) is 0 Å². The van der Waals surface area contributed by atoms with Crippen molar-refractivity contribution in [1.29, 1.82) is 0 Å². The van der Waals surface area contributed by atoms with E-state index in [1.165, 1.54) is 12.8 Å². The largest absolute Gasteiger partial charge is 0.378 e. The molecule has 1 unspecified atom stereocenters. The number of urea groups is 1. The molecule has 4 rings (SSSR count). The van der Waals surface area contributed by atoms with Crippen LogP contribution in [0.5, 0.6) is 0 Å². The number of rotatable bonds is 5. The molecule has 0 bridgehead atoms. The smallest absolute Gasteiger partial charge is 0.317 e. The average molecular weight is 387 g/mol. The molecule has 2 aliphatic rings. The summed E-state index contributed by atoms with van der Waals surface area (Å²) in [5, 5.41) is 8.28. The van der Waals surface area contributed by atoms with E-state index >= 15 is 0 Å². The first kappa shape index (κ1) is 18.9. The number of aryl methyl sites for hydroxylation is 1. The minimum Gasteiger partial charge on any atom is -0.378 e. The van der Waals surface area contributed by atoms with Gasteiger partial charge >= 0.3 is 6.03 Å². The van der Waals surface area contributed by atoms with E-state index in [1.807, 2.05) is 11.9 Å². The van der Waals surface area contributed by atoms with Gasteiger partial charge in [0.15, 0.2) is 5.65 Å². The number of aromatic nitrogens is 4. The molecule has 0 spiro atoms. The molecule has 2 aliphatic heterocycles. The van der Waals surface area contributed by atoms with Crippen LogP contribution in [0.1, 0.15) is 32.1 Å². The fraction of sp³-hybridized carbons (Fsp3) is 0.684. The third-order valence-electron chi connectivity index (χ3n) is 5.63. The molecule has 2 fully saturated rings. The van der Waals surface area contributed by atoms with Crippen LogP contribution >= 0.6 is 0 Å². The molecule has 152 valence electrons. The van der Waals surface area contributed by atoms with E-state index < -0.39 is 0 Å². The number of hydrogen-bond acceptors (Lipinski definition) is 6. The van der Waals surface area contributed by atoms with Crippen LogP contribution in [0.4, 0.5) is 10.6 Å². The van der Waals surface area contributed by atoms with Gasteiger partial charge in [0.2, 0.25) is 0 Å². The summed E-state index contributed by atoms with van der Waals surface area (Å²) in [5.74, 6) is 0.894. The molecule has 1 atom stereocenters. The zero-order valence-corrected chi connectivity index (χ0v) is 16.5. The molecule has 28 heavy (non-hydrogen) atoms. The monoisotopic (exact) mass is 387 g/mol. The van der Waals surface area contributed by atoms with Gasteiger partial charge in [0.25, 0.3) is 0 Å². The number of anilines is 1. The normalized spacial score (nSPS) is 20.5. The van der Waals surface area contributed by atoms with Crippen LogP contribution in [0.15, 0.2) is 12.5 Å². The molecular formula is C19H29N7O2. The first-order valence-corrected chi connectivity index (χ1v) is 10.2. The number of ether oxygens (including phenoxy) is 1. The maximum atomic E-state index is 12.4. The van der Waals surface area contributed by atoms with Gasteiger partial charge in [-0.1, -0.05) is 0 Å². The van der Waals surface area contributed by atoms with Crippen molar-refractivity contribution in [2.24, 2.45) is 7.05 Å². The SMILES string of the molecule is Cn1ncc2c(N3CCN(C(=O)NCCCC4CCCCO4)CC3)ncnc21. The van der Waals surface area contributed by atoms with Crippen molar-refractivity contribution in [3.63, 3.8) is 0 Å². The van der Waals surface area contributed by atoms with Gasteiger partial charge in [-0.05, 0) is 32.1 Å². The average Bonchev–Trinajstić information content (AvgIpc) is 3.13. The van der Waals surface area contributed by atoms with Gasteiger partial charge in [-0.3, -0.25) is 4.68 Å². The Kier molecular flexibility index (Phi) is 5.90. The Balaban J connectivity index is 1.23. The summed E-state index contributed by atoms with van der Waals surface area (Å²) in [5.41, 5.74) is 0.826. The van der Waals surface area contributed by atoms with E-state index in [9.17, 15) is 4.79 Å². The van der Waals surface area contributed by atoms with E-state index in [4.69, 9.17) is 4.74 Å². The van der Waals surface area contributed by atoms with E-state index in [-0.39, 0.29) is 6.03 Å². The van der Waals surface area contributed by atoms with Crippen molar-refractivity contribution in [1.82, 2.24) is 30.0 Å². The topological polar surface area (TPSA) is 88.4 Å². The van der Waals surface area contributed by atoms with Crippen molar-refractivity contribution in [2.75, 3.05) is 44.2 Å². The number of nitrogens with zero attached hydrogens (tertiary/aromatic N) is 6. The van der Waals surface area contributed by atoms with Crippen LogP contribution in [0.25, 0.3) is 11.0 Å². The van der Waals surface area contributed by atoms with E-state index in [0.29, 0.717) is 25.7 Å². The molecule has 2 aromatic heterocycles. The molecular weight excluding hydrogens is 358 g/mol. The van der Waals surface area contributed by atoms with Crippen LogP contribution in [-0.4, -0.2) is 76.1 Å². The maximum absolute atomic E-state index is 12.4. The van der Waals surface area contributed by atoms with Gasteiger partial charge in [-0.25, -0.2) is 14.8 Å². The fourth-order valence-corrected chi connectivity index (χ4v) is 3.99. The highest BCUT2D eigenvalue weighted by Crippen LogP contribution is 2.23.